The number of aliphatic carboxylic acids is 1. The first kappa shape index (κ1) is 15.5. The van der Waals surface area contributed by atoms with Crippen LogP contribution in [0.5, 0.6) is 17.2 Å². The molecule has 0 aromatic heterocycles. The van der Waals surface area contributed by atoms with E-state index in [2.05, 4.69) is 0 Å². The highest BCUT2D eigenvalue weighted by Gasteiger charge is 2.23. The number of hydrogen-bond acceptors (Lipinski definition) is 5. The van der Waals surface area contributed by atoms with Crippen LogP contribution in [0, 0.1) is 0 Å². The van der Waals surface area contributed by atoms with E-state index in [0.717, 1.165) is 0 Å². The Hall–Kier alpha value is -2.89. The molecule has 0 amide bonds. The summed E-state index contributed by atoms with van der Waals surface area (Å²) in [6, 6.07) is 9.99. The van der Waals surface area contributed by atoms with Crippen LogP contribution in [-0.2, 0) is 4.79 Å². The lowest BCUT2D eigenvalue weighted by Crippen LogP contribution is -2.32. The molecule has 0 aliphatic carbocycles. The van der Waals surface area contributed by atoms with Crippen molar-refractivity contribution >= 4 is 11.7 Å². The van der Waals surface area contributed by atoms with Crippen LogP contribution in [0.1, 0.15) is 18.5 Å². The maximum atomic E-state index is 11.1. The third-order valence-electron chi connectivity index (χ3n) is 3.43. The second-order valence-corrected chi connectivity index (χ2v) is 4.93. The van der Waals surface area contributed by atoms with E-state index in [-0.39, 0.29) is 23.8 Å². The molecule has 0 heterocycles. The average Bonchev–Trinajstić information content (AvgIpc) is 2.45. The van der Waals surface area contributed by atoms with E-state index in [0.29, 0.717) is 11.3 Å². The molecule has 116 valence electrons. The van der Waals surface area contributed by atoms with E-state index >= 15 is 0 Å². The molecule has 0 fully saturated rings. The van der Waals surface area contributed by atoms with Gasteiger partial charge in [0, 0.05) is 11.6 Å². The Morgan fingerprint density at radius 1 is 1.09 bits per heavy atom. The molecule has 0 aliphatic rings. The van der Waals surface area contributed by atoms with Crippen molar-refractivity contribution in [1.29, 1.82) is 0 Å². The minimum absolute atomic E-state index is 0.0473. The summed E-state index contributed by atoms with van der Waals surface area (Å²) in [5.41, 5.74) is 0.798. The molecule has 0 bridgehead atoms. The molecule has 2 aromatic carbocycles. The largest absolute Gasteiger partial charge is 0.508 e. The first-order chi connectivity index (χ1) is 10.4. The fourth-order valence-corrected chi connectivity index (χ4v) is 2.34. The Morgan fingerprint density at radius 3 is 2.36 bits per heavy atom. The minimum atomic E-state index is -1.06. The molecule has 2 aromatic rings. The Balaban J connectivity index is 2.45. The first-order valence-corrected chi connectivity index (χ1v) is 6.68. The lowest BCUT2D eigenvalue weighted by atomic mass is 10.0. The summed E-state index contributed by atoms with van der Waals surface area (Å²) < 4.78 is 0. The van der Waals surface area contributed by atoms with Crippen LogP contribution < -0.4 is 4.90 Å². The van der Waals surface area contributed by atoms with Gasteiger partial charge in [0.25, 0.3) is 0 Å². The zero-order valence-corrected chi connectivity index (χ0v) is 12.0. The van der Waals surface area contributed by atoms with Gasteiger partial charge in [-0.2, -0.15) is 0 Å². The third kappa shape index (κ3) is 3.22. The molecule has 0 radical (unpaired) electrons. The predicted octanol–water partition coefficient (Wildman–Crippen LogP) is 2.46. The van der Waals surface area contributed by atoms with Crippen LogP contribution in [0.2, 0.25) is 0 Å². The van der Waals surface area contributed by atoms with E-state index in [1.165, 1.54) is 29.2 Å². The number of benzene rings is 2. The Morgan fingerprint density at radius 2 is 1.77 bits per heavy atom. The number of hydrogen-bond donors (Lipinski definition) is 4. The lowest BCUT2D eigenvalue weighted by Gasteiger charge is -2.31. The van der Waals surface area contributed by atoms with Crippen LogP contribution in [0.3, 0.4) is 0 Å². The summed E-state index contributed by atoms with van der Waals surface area (Å²) in [5.74, 6) is -1.33. The van der Waals surface area contributed by atoms with Crippen LogP contribution in [0.4, 0.5) is 5.69 Å². The summed E-state index contributed by atoms with van der Waals surface area (Å²) in [4.78, 5) is 12.6. The highest BCUT2D eigenvalue weighted by molar-refractivity contribution is 5.75. The molecule has 4 N–H and O–H groups in total. The number of rotatable bonds is 5. The van der Waals surface area contributed by atoms with Gasteiger partial charge in [-0.15, -0.1) is 0 Å². The van der Waals surface area contributed by atoms with Crippen LogP contribution >= 0.6 is 0 Å². The molecular formula is C16H17NO5. The second kappa shape index (κ2) is 6.26. The Bertz CT molecular complexity index is 686. The fraction of sp³-hybridized carbons (Fsp3) is 0.188. The van der Waals surface area contributed by atoms with Gasteiger partial charge in [0.1, 0.15) is 23.8 Å². The van der Waals surface area contributed by atoms with Gasteiger partial charge in [-0.25, -0.2) is 0 Å². The summed E-state index contributed by atoms with van der Waals surface area (Å²) >= 11 is 0. The van der Waals surface area contributed by atoms with Gasteiger partial charge in [0.05, 0.1) is 11.7 Å². The number of carboxylic acids is 1. The normalized spacial score (nSPS) is 11.9. The summed E-state index contributed by atoms with van der Waals surface area (Å²) in [6.07, 6.45) is 0. The standard InChI is InChI=1S/C16H17NO5/c1-10(12-7-6-11(18)8-15(12)20)17(9-16(21)22)13-4-2-3-5-14(13)19/h2-8,10,18-20H,9H2,1H3,(H,21,22). The van der Waals surface area contributed by atoms with Crippen LogP contribution in [0.25, 0.3) is 0 Å². The number of aromatic hydroxyl groups is 3. The Labute approximate surface area is 127 Å². The number of nitrogens with zero attached hydrogens (tertiary/aromatic N) is 1. The molecule has 6 heteroatoms. The van der Waals surface area contributed by atoms with Gasteiger partial charge >= 0.3 is 5.97 Å². The molecule has 22 heavy (non-hydrogen) atoms. The van der Waals surface area contributed by atoms with Crippen LogP contribution in [-0.4, -0.2) is 32.9 Å². The maximum absolute atomic E-state index is 11.1. The summed E-state index contributed by atoms with van der Waals surface area (Å²) in [6.45, 7) is 1.36. The molecule has 1 unspecified atom stereocenters. The fourth-order valence-electron chi connectivity index (χ4n) is 2.34. The van der Waals surface area contributed by atoms with Gasteiger partial charge in [0.15, 0.2) is 0 Å². The van der Waals surface area contributed by atoms with Gasteiger partial charge in [-0.05, 0) is 31.2 Å². The number of carbonyl (C=O) groups is 1. The Kier molecular flexibility index (Phi) is 4.41. The van der Waals surface area contributed by atoms with Crippen molar-refractivity contribution in [3.8, 4) is 17.2 Å². The van der Waals surface area contributed by atoms with Gasteiger partial charge in [-0.3, -0.25) is 4.79 Å². The van der Waals surface area contributed by atoms with Crippen LogP contribution in [0.15, 0.2) is 42.5 Å². The zero-order valence-electron chi connectivity index (χ0n) is 12.0. The van der Waals surface area contributed by atoms with E-state index in [1.807, 2.05) is 0 Å². The van der Waals surface area contributed by atoms with E-state index in [1.54, 1.807) is 25.1 Å². The quantitative estimate of drug-likeness (QED) is 0.677. The zero-order chi connectivity index (χ0) is 16.3. The average molecular weight is 303 g/mol. The second-order valence-electron chi connectivity index (χ2n) is 4.93. The monoisotopic (exact) mass is 303 g/mol. The third-order valence-corrected chi connectivity index (χ3v) is 3.43. The molecular weight excluding hydrogens is 286 g/mol. The summed E-state index contributed by atoms with van der Waals surface area (Å²) in [7, 11) is 0. The van der Waals surface area contributed by atoms with Crippen molar-refractivity contribution < 1.29 is 25.2 Å². The van der Waals surface area contributed by atoms with Crippen molar-refractivity contribution in [3.05, 3.63) is 48.0 Å². The molecule has 1 atom stereocenters. The van der Waals surface area contributed by atoms with E-state index in [9.17, 15) is 20.1 Å². The number of carboxylic acid groups (broad SMARTS) is 1. The van der Waals surface area contributed by atoms with E-state index in [4.69, 9.17) is 5.11 Å². The van der Waals surface area contributed by atoms with Gasteiger partial charge < -0.3 is 25.3 Å². The predicted molar refractivity (Wildman–Crippen MR) is 81.3 cm³/mol. The minimum Gasteiger partial charge on any atom is -0.508 e. The number of phenolic OH excluding ortho intramolecular Hbond substituents is 3. The number of para-hydroxylation sites is 2. The van der Waals surface area contributed by atoms with Crippen molar-refractivity contribution in [1.82, 2.24) is 0 Å². The van der Waals surface area contributed by atoms with Crippen molar-refractivity contribution in [2.45, 2.75) is 13.0 Å². The SMILES string of the molecule is CC(c1ccc(O)cc1O)N(CC(=O)O)c1ccccc1O. The first-order valence-electron chi connectivity index (χ1n) is 6.68. The van der Waals surface area contributed by atoms with Gasteiger partial charge in [0.2, 0.25) is 0 Å². The van der Waals surface area contributed by atoms with Crippen molar-refractivity contribution in [3.63, 3.8) is 0 Å². The van der Waals surface area contributed by atoms with Gasteiger partial charge in [-0.1, -0.05) is 12.1 Å². The lowest BCUT2D eigenvalue weighted by molar-refractivity contribution is -0.135. The summed E-state index contributed by atoms with van der Waals surface area (Å²) in [5, 5.41) is 38.4. The molecule has 6 nitrogen and oxygen atoms in total. The van der Waals surface area contributed by atoms with Crippen molar-refractivity contribution in [2.75, 3.05) is 11.4 Å². The molecule has 0 saturated carbocycles. The number of phenols is 3. The highest BCUT2D eigenvalue weighted by atomic mass is 16.4. The van der Waals surface area contributed by atoms with E-state index < -0.39 is 12.0 Å². The molecule has 0 aliphatic heterocycles. The molecule has 2 rings (SSSR count). The molecule has 0 saturated heterocycles. The highest BCUT2D eigenvalue weighted by Crippen LogP contribution is 2.37. The van der Waals surface area contributed by atoms with Crippen molar-refractivity contribution in [2.24, 2.45) is 0 Å². The maximum Gasteiger partial charge on any atom is 0.323 e. The smallest absolute Gasteiger partial charge is 0.323 e. The topological polar surface area (TPSA) is 101 Å². The number of anilines is 1. The molecule has 0 spiro atoms.